The van der Waals surface area contributed by atoms with Gasteiger partial charge in [0.25, 0.3) is 0 Å². The molecule has 0 unspecified atom stereocenters. The van der Waals surface area contributed by atoms with Gasteiger partial charge in [0.05, 0.1) is 24.8 Å². The molecule has 1 aromatic heterocycles. The van der Waals surface area contributed by atoms with Crippen molar-refractivity contribution in [1.29, 1.82) is 0 Å². The third-order valence-corrected chi connectivity index (χ3v) is 6.18. The summed E-state index contributed by atoms with van der Waals surface area (Å²) in [7, 11) is 1.30. The molecular formula is C22H21N3O4S. The summed E-state index contributed by atoms with van der Waals surface area (Å²) in [4.78, 5) is 38.5. The number of benzene rings is 2. The summed E-state index contributed by atoms with van der Waals surface area (Å²) < 4.78 is 4.81. The van der Waals surface area contributed by atoms with Gasteiger partial charge in [-0.2, -0.15) is 0 Å². The van der Waals surface area contributed by atoms with Crippen molar-refractivity contribution in [2.45, 2.75) is 25.8 Å². The Hall–Kier alpha value is -3.39. The Labute approximate surface area is 177 Å². The van der Waals surface area contributed by atoms with Crippen LogP contribution < -0.4 is 16.0 Å². The minimum atomic E-state index is -0.754. The van der Waals surface area contributed by atoms with Gasteiger partial charge in [-0.15, -0.1) is 11.3 Å². The maximum Gasteiger partial charge on any atom is 0.340 e. The average Bonchev–Trinajstić information content (AvgIpc) is 3.09. The van der Waals surface area contributed by atoms with E-state index in [-0.39, 0.29) is 18.2 Å². The third kappa shape index (κ3) is 3.73. The van der Waals surface area contributed by atoms with E-state index in [0.29, 0.717) is 16.3 Å². The van der Waals surface area contributed by atoms with Crippen LogP contribution in [0.5, 0.6) is 0 Å². The van der Waals surface area contributed by atoms with E-state index in [9.17, 15) is 14.4 Å². The molecular weight excluding hydrogens is 402 g/mol. The maximum atomic E-state index is 12.8. The van der Waals surface area contributed by atoms with Crippen molar-refractivity contribution in [3.05, 3.63) is 52.9 Å². The first-order valence-corrected chi connectivity index (χ1v) is 10.4. The quantitative estimate of drug-likeness (QED) is 0.539. The van der Waals surface area contributed by atoms with Gasteiger partial charge >= 0.3 is 5.97 Å². The summed E-state index contributed by atoms with van der Waals surface area (Å²) in [5, 5.41) is 11.2. The fourth-order valence-electron chi connectivity index (χ4n) is 3.52. The molecule has 1 aliphatic heterocycles. The Morgan fingerprint density at radius 2 is 1.90 bits per heavy atom. The Morgan fingerprint density at radius 1 is 1.17 bits per heavy atom. The van der Waals surface area contributed by atoms with E-state index in [4.69, 9.17) is 4.74 Å². The molecule has 0 saturated heterocycles. The second-order valence-corrected chi connectivity index (χ2v) is 8.09. The van der Waals surface area contributed by atoms with E-state index < -0.39 is 12.0 Å². The Morgan fingerprint density at radius 3 is 2.60 bits per heavy atom. The fourth-order valence-corrected chi connectivity index (χ4v) is 4.52. The number of rotatable bonds is 5. The molecule has 1 aliphatic rings. The number of hydrogen-bond acceptors (Lipinski definition) is 6. The summed E-state index contributed by atoms with van der Waals surface area (Å²) in [5.41, 5.74) is 1.82. The molecule has 2 heterocycles. The van der Waals surface area contributed by atoms with Gasteiger partial charge in [0, 0.05) is 16.0 Å². The number of ether oxygens (including phenoxy) is 1. The molecule has 8 heteroatoms. The smallest absolute Gasteiger partial charge is 0.340 e. The Balaban J connectivity index is 1.55. The molecule has 1 atom stereocenters. The van der Waals surface area contributed by atoms with Crippen LogP contribution in [-0.2, 0) is 20.7 Å². The number of carbonyl (C=O) groups is 3. The molecule has 0 fully saturated rings. The van der Waals surface area contributed by atoms with Gasteiger partial charge in [-0.1, -0.05) is 31.2 Å². The van der Waals surface area contributed by atoms with Gasteiger partial charge in [0.15, 0.2) is 0 Å². The molecule has 0 spiro atoms. The number of thiophene rings is 1. The van der Waals surface area contributed by atoms with Crippen molar-refractivity contribution >= 4 is 56.3 Å². The molecule has 0 saturated carbocycles. The molecule has 2 amide bonds. The molecule has 154 valence electrons. The standard InChI is InChI=1S/C22H21N3O4S/c1-3-13-10-14(22(28)29-2)21(30-13)25-18(26)11-17-20(27)24-16-9-5-7-12-6-4-8-15(23-17)19(12)16/h4-10,17,23H,3,11H2,1-2H3,(H,24,27)(H,25,26)/t17-/m1/s1. The summed E-state index contributed by atoms with van der Waals surface area (Å²) in [5.74, 6) is -1.16. The first kappa shape index (κ1) is 19.9. The third-order valence-electron chi connectivity index (χ3n) is 4.99. The molecule has 4 rings (SSSR count). The number of carbonyl (C=O) groups excluding carboxylic acids is 3. The van der Waals surface area contributed by atoms with Crippen molar-refractivity contribution in [2.24, 2.45) is 0 Å². The molecule has 2 aromatic carbocycles. The van der Waals surface area contributed by atoms with Crippen LogP contribution in [0.1, 0.15) is 28.6 Å². The lowest BCUT2D eigenvalue weighted by molar-refractivity contribution is -0.121. The van der Waals surface area contributed by atoms with Crippen LogP contribution in [0.2, 0.25) is 0 Å². The van der Waals surface area contributed by atoms with Crippen LogP contribution in [0.3, 0.4) is 0 Å². The zero-order chi connectivity index (χ0) is 21.3. The van der Waals surface area contributed by atoms with E-state index in [1.54, 1.807) is 6.07 Å². The van der Waals surface area contributed by atoms with Crippen molar-refractivity contribution in [3.63, 3.8) is 0 Å². The highest BCUT2D eigenvalue weighted by Gasteiger charge is 2.27. The van der Waals surface area contributed by atoms with E-state index in [1.165, 1.54) is 18.4 Å². The Kier molecular flexibility index (Phi) is 5.41. The zero-order valence-corrected chi connectivity index (χ0v) is 17.4. The van der Waals surface area contributed by atoms with Crippen LogP contribution in [0.4, 0.5) is 16.4 Å². The van der Waals surface area contributed by atoms with Crippen molar-refractivity contribution in [1.82, 2.24) is 0 Å². The van der Waals surface area contributed by atoms with E-state index in [1.807, 2.05) is 43.3 Å². The number of methoxy groups -OCH3 is 1. The van der Waals surface area contributed by atoms with Crippen molar-refractivity contribution in [3.8, 4) is 0 Å². The predicted octanol–water partition coefficient (Wildman–Crippen LogP) is 4.01. The van der Waals surface area contributed by atoms with Crippen molar-refractivity contribution < 1.29 is 19.1 Å². The maximum absolute atomic E-state index is 12.8. The van der Waals surface area contributed by atoms with Gasteiger partial charge in [0.1, 0.15) is 11.0 Å². The van der Waals surface area contributed by atoms with Gasteiger partial charge in [0.2, 0.25) is 11.8 Å². The number of aryl methyl sites for hydroxylation is 1. The lowest BCUT2D eigenvalue weighted by Gasteiger charge is -2.16. The van der Waals surface area contributed by atoms with Crippen LogP contribution in [0.15, 0.2) is 42.5 Å². The molecule has 0 radical (unpaired) electrons. The number of anilines is 3. The number of nitrogens with one attached hydrogen (secondary N) is 3. The van der Waals surface area contributed by atoms with Crippen LogP contribution in [0.25, 0.3) is 10.8 Å². The summed E-state index contributed by atoms with van der Waals surface area (Å²) in [6.45, 7) is 1.97. The number of hydrogen-bond donors (Lipinski definition) is 3. The lowest BCUT2D eigenvalue weighted by atomic mass is 10.1. The minimum Gasteiger partial charge on any atom is -0.465 e. The van der Waals surface area contributed by atoms with E-state index >= 15 is 0 Å². The first-order chi connectivity index (χ1) is 14.5. The summed E-state index contributed by atoms with van der Waals surface area (Å²) in [6.07, 6.45) is 0.648. The highest BCUT2D eigenvalue weighted by atomic mass is 32.1. The molecule has 0 aliphatic carbocycles. The monoisotopic (exact) mass is 423 g/mol. The van der Waals surface area contributed by atoms with Crippen LogP contribution >= 0.6 is 11.3 Å². The Bertz CT molecular complexity index is 1150. The minimum absolute atomic E-state index is 0.0871. The van der Waals surface area contributed by atoms with Gasteiger partial charge < -0.3 is 20.7 Å². The molecule has 7 nitrogen and oxygen atoms in total. The molecule has 3 aromatic rings. The van der Waals surface area contributed by atoms with Crippen LogP contribution in [0, 0.1) is 0 Å². The second-order valence-electron chi connectivity index (χ2n) is 6.95. The van der Waals surface area contributed by atoms with Gasteiger partial charge in [-0.25, -0.2) is 4.79 Å². The molecule has 3 N–H and O–H groups in total. The second kappa shape index (κ2) is 8.16. The van der Waals surface area contributed by atoms with Gasteiger partial charge in [-0.05, 0) is 30.0 Å². The van der Waals surface area contributed by atoms with Gasteiger partial charge in [-0.3, -0.25) is 9.59 Å². The number of esters is 1. The van der Waals surface area contributed by atoms with Crippen LogP contribution in [-0.4, -0.2) is 30.9 Å². The molecule has 30 heavy (non-hydrogen) atoms. The fraction of sp³-hybridized carbons (Fsp3) is 0.227. The molecule has 0 bridgehead atoms. The average molecular weight is 423 g/mol. The highest BCUT2D eigenvalue weighted by molar-refractivity contribution is 7.16. The SMILES string of the molecule is CCc1cc(C(=O)OC)c(NC(=O)C[C@H]2Nc3cccc4cccc(c34)NC2=O)s1. The predicted molar refractivity (Wildman–Crippen MR) is 118 cm³/mol. The zero-order valence-electron chi connectivity index (χ0n) is 16.6. The lowest BCUT2D eigenvalue weighted by Crippen LogP contribution is -2.36. The van der Waals surface area contributed by atoms with E-state index in [2.05, 4.69) is 16.0 Å². The summed E-state index contributed by atoms with van der Waals surface area (Å²) in [6, 6.07) is 12.4. The normalized spacial score (nSPS) is 15.1. The topological polar surface area (TPSA) is 96.5 Å². The number of amides is 2. The van der Waals surface area contributed by atoms with E-state index in [0.717, 1.165) is 27.8 Å². The largest absolute Gasteiger partial charge is 0.465 e. The summed E-state index contributed by atoms with van der Waals surface area (Å²) >= 11 is 1.33. The highest BCUT2D eigenvalue weighted by Crippen LogP contribution is 2.34. The van der Waals surface area contributed by atoms with Crippen molar-refractivity contribution in [2.75, 3.05) is 23.1 Å². The first-order valence-electron chi connectivity index (χ1n) is 9.60.